The fourth-order valence-corrected chi connectivity index (χ4v) is 5.62. The summed E-state index contributed by atoms with van der Waals surface area (Å²) in [6.45, 7) is 4.16. The van der Waals surface area contributed by atoms with Gasteiger partial charge in [-0.15, -0.1) is 0 Å². The number of carbonyl (C=O) groups is 1. The minimum atomic E-state index is -3.73. The van der Waals surface area contributed by atoms with Gasteiger partial charge in [0.05, 0.1) is 20.3 Å². The predicted octanol–water partition coefficient (Wildman–Crippen LogP) is 2.08. The molecule has 0 saturated carbocycles. The Morgan fingerprint density at radius 2 is 1.67 bits per heavy atom. The number of morpholine rings is 1. The van der Waals surface area contributed by atoms with E-state index in [0.29, 0.717) is 45.0 Å². The van der Waals surface area contributed by atoms with Gasteiger partial charge in [-0.1, -0.05) is 24.3 Å². The quantitative estimate of drug-likeness (QED) is 0.601. The van der Waals surface area contributed by atoms with Crippen LogP contribution in [0.1, 0.15) is 5.56 Å². The molecule has 0 spiro atoms. The third kappa shape index (κ3) is 5.38. The normalized spacial score (nSPS) is 18.0. The number of carbonyl (C=O) groups excluding carboxylic acids is 1. The molecule has 33 heavy (non-hydrogen) atoms. The van der Waals surface area contributed by atoms with Gasteiger partial charge in [0.25, 0.3) is 0 Å². The first-order chi connectivity index (χ1) is 16.0. The average Bonchev–Trinajstić information content (AvgIpc) is 2.88. The van der Waals surface area contributed by atoms with E-state index in [1.165, 1.54) is 17.5 Å². The summed E-state index contributed by atoms with van der Waals surface area (Å²) < 4.78 is 38.3. The average molecular weight is 472 g/mol. The maximum absolute atomic E-state index is 13.1. The molecule has 176 valence electrons. The molecule has 8 nitrogen and oxygen atoms in total. The number of methoxy groups -OCH3 is 1. The van der Waals surface area contributed by atoms with Crippen molar-refractivity contribution in [2.24, 2.45) is 0 Å². The minimum Gasteiger partial charge on any atom is -0.495 e. The van der Waals surface area contributed by atoms with E-state index in [9.17, 15) is 13.2 Å². The second kappa shape index (κ2) is 10.4. The van der Waals surface area contributed by atoms with E-state index in [4.69, 9.17) is 9.47 Å². The molecule has 2 saturated heterocycles. The number of nitrogens with zero attached hydrogens (tertiary/aromatic N) is 3. The number of anilines is 1. The molecule has 0 aliphatic carbocycles. The Balaban J connectivity index is 1.44. The molecule has 4 rings (SSSR count). The van der Waals surface area contributed by atoms with E-state index in [2.05, 4.69) is 17.0 Å². The summed E-state index contributed by atoms with van der Waals surface area (Å²) in [5.41, 5.74) is 1.78. The zero-order valence-corrected chi connectivity index (χ0v) is 19.5. The van der Waals surface area contributed by atoms with E-state index < -0.39 is 10.0 Å². The van der Waals surface area contributed by atoms with Crippen LogP contribution in [0, 0.1) is 0 Å². The first kappa shape index (κ1) is 23.3. The van der Waals surface area contributed by atoms with Gasteiger partial charge in [-0.3, -0.25) is 4.79 Å². The van der Waals surface area contributed by atoms with Crippen molar-refractivity contribution in [3.63, 3.8) is 0 Å². The Labute approximate surface area is 195 Å². The maximum Gasteiger partial charge on any atom is 0.246 e. The molecular formula is C24H29N3O5S. The number of ether oxygens (including phenoxy) is 2. The van der Waals surface area contributed by atoms with Crippen LogP contribution in [0.15, 0.2) is 59.5 Å². The SMILES string of the molecule is COc1ccc(/C=C/C(=O)N2CCN(c3ccccc3)CC2)cc1S(=O)(=O)N1CCOCC1. The van der Waals surface area contributed by atoms with Crippen molar-refractivity contribution in [3.8, 4) is 5.75 Å². The summed E-state index contributed by atoms with van der Waals surface area (Å²) in [6, 6.07) is 15.1. The monoisotopic (exact) mass is 471 g/mol. The third-order valence-electron chi connectivity index (χ3n) is 5.91. The van der Waals surface area contributed by atoms with Crippen LogP contribution in [0.25, 0.3) is 6.08 Å². The van der Waals surface area contributed by atoms with Gasteiger partial charge in [0, 0.05) is 51.0 Å². The lowest BCUT2D eigenvalue weighted by molar-refractivity contribution is -0.126. The van der Waals surface area contributed by atoms with E-state index >= 15 is 0 Å². The number of rotatable bonds is 6. The van der Waals surface area contributed by atoms with Crippen molar-refractivity contribution in [2.45, 2.75) is 4.90 Å². The lowest BCUT2D eigenvalue weighted by Gasteiger charge is -2.35. The van der Waals surface area contributed by atoms with Crippen molar-refractivity contribution in [2.75, 3.05) is 64.5 Å². The third-order valence-corrected chi connectivity index (χ3v) is 7.83. The molecule has 2 aromatic carbocycles. The van der Waals surface area contributed by atoms with Gasteiger partial charge >= 0.3 is 0 Å². The number of sulfonamides is 1. The topological polar surface area (TPSA) is 79.4 Å². The van der Waals surface area contributed by atoms with Crippen LogP contribution in [0.3, 0.4) is 0 Å². The smallest absolute Gasteiger partial charge is 0.246 e. The summed E-state index contributed by atoms with van der Waals surface area (Å²) >= 11 is 0. The maximum atomic E-state index is 13.1. The van der Waals surface area contributed by atoms with E-state index in [1.54, 1.807) is 24.3 Å². The van der Waals surface area contributed by atoms with Crippen LogP contribution in [-0.2, 0) is 19.6 Å². The van der Waals surface area contributed by atoms with Crippen LogP contribution < -0.4 is 9.64 Å². The summed E-state index contributed by atoms with van der Waals surface area (Å²) in [5.74, 6) is 0.193. The number of hydrogen-bond acceptors (Lipinski definition) is 6. The molecule has 2 aliphatic heterocycles. The molecular weight excluding hydrogens is 442 g/mol. The molecule has 2 fully saturated rings. The van der Waals surface area contributed by atoms with Crippen LogP contribution in [0.4, 0.5) is 5.69 Å². The molecule has 2 aromatic rings. The van der Waals surface area contributed by atoms with Gasteiger partial charge in [-0.25, -0.2) is 8.42 Å². The summed E-state index contributed by atoms with van der Waals surface area (Å²) in [5, 5.41) is 0. The first-order valence-corrected chi connectivity index (χ1v) is 12.5. The van der Waals surface area contributed by atoms with Gasteiger partial charge in [-0.05, 0) is 35.9 Å². The Morgan fingerprint density at radius 1 is 0.970 bits per heavy atom. The fraction of sp³-hybridized carbons (Fsp3) is 0.375. The van der Waals surface area contributed by atoms with E-state index in [1.807, 2.05) is 23.1 Å². The molecule has 0 N–H and O–H groups in total. The van der Waals surface area contributed by atoms with E-state index in [-0.39, 0.29) is 16.6 Å². The van der Waals surface area contributed by atoms with Crippen molar-refractivity contribution >= 4 is 27.7 Å². The Bertz CT molecular complexity index is 1090. The second-order valence-corrected chi connectivity index (χ2v) is 9.81. The molecule has 0 atom stereocenters. The van der Waals surface area contributed by atoms with Crippen molar-refractivity contribution in [1.82, 2.24) is 9.21 Å². The Morgan fingerprint density at radius 3 is 2.33 bits per heavy atom. The molecule has 2 heterocycles. The molecule has 9 heteroatoms. The Kier molecular flexibility index (Phi) is 7.32. The molecule has 1 amide bonds. The largest absolute Gasteiger partial charge is 0.495 e. The second-order valence-electron chi connectivity index (χ2n) is 7.91. The molecule has 0 unspecified atom stereocenters. The predicted molar refractivity (Wildman–Crippen MR) is 127 cm³/mol. The zero-order chi connectivity index (χ0) is 23.3. The molecule has 0 bridgehead atoms. The standard InChI is InChI=1S/C24H29N3O5S/c1-31-22-9-7-20(19-23(22)33(29,30)27-15-17-32-18-16-27)8-10-24(28)26-13-11-25(12-14-26)21-5-3-2-4-6-21/h2-10,19H,11-18H2,1H3/b10-8+. The van der Waals surface area contributed by atoms with Gasteiger partial charge in [0.1, 0.15) is 10.6 Å². The van der Waals surface area contributed by atoms with E-state index in [0.717, 1.165) is 18.8 Å². The lowest BCUT2D eigenvalue weighted by atomic mass is 10.2. The van der Waals surface area contributed by atoms with Gasteiger partial charge in [0.2, 0.25) is 15.9 Å². The number of para-hydroxylation sites is 1. The van der Waals surface area contributed by atoms with Gasteiger partial charge in [-0.2, -0.15) is 4.31 Å². The van der Waals surface area contributed by atoms with Crippen molar-refractivity contribution < 1.29 is 22.7 Å². The number of piperazine rings is 1. The van der Waals surface area contributed by atoms with Crippen LogP contribution >= 0.6 is 0 Å². The first-order valence-electron chi connectivity index (χ1n) is 11.0. The highest BCUT2D eigenvalue weighted by Crippen LogP contribution is 2.29. The van der Waals surface area contributed by atoms with Crippen LogP contribution in [0.5, 0.6) is 5.75 Å². The van der Waals surface area contributed by atoms with Gasteiger partial charge < -0.3 is 19.3 Å². The highest BCUT2D eigenvalue weighted by Gasteiger charge is 2.29. The summed E-state index contributed by atoms with van der Waals surface area (Å²) in [6.07, 6.45) is 3.16. The van der Waals surface area contributed by atoms with Crippen LogP contribution in [-0.4, -0.2) is 83.1 Å². The Hall–Kier alpha value is -2.88. The lowest BCUT2D eigenvalue weighted by Crippen LogP contribution is -2.48. The summed E-state index contributed by atoms with van der Waals surface area (Å²) in [4.78, 5) is 16.9. The van der Waals surface area contributed by atoms with Crippen molar-refractivity contribution in [3.05, 3.63) is 60.2 Å². The fourth-order valence-electron chi connectivity index (χ4n) is 4.02. The molecule has 0 aromatic heterocycles. The van der Waals surface area contributed by atoms with Crippen LogP contribution in [0.2, 0.25) is 0 Å². The highest BCUT2D eigenvalue weighted by molar-refractivity contribution is 7.89. The zero-order valence-electron chi connectivity index (χ0n) is 18.7. The number of hydrogen-bond donors (Lipinski definition) is 0. The van der Waals surface area contributed by atoms with Gasteiger partial charge in [0.15, 0.2) is 0 Å². The molecule has 2 aliphatic rings. The number of amides is 1. The minimum absolute atomic E-state index is 0.0869. The molecule has 0 radical (unpaired) electrons. The highest BCUT2D eigenvalue weighted by atomic mass is 32.2. The van der Waals surface area contributed by atoms with Crippen molar-refractivity contribution in [1.29, 1.82) is 0 Å². The number of benzene rings is 2. The summed E-state index contributed by atoms with van der Waals surface area (Å²) in [7, 11) is -2.28.